The maximum Gasteiger partial charge on any atom is 0.317 e. The standard InChI is InChI=1S/C13H22N2O3/c1-2-9-5-3-4-6-11(9)14-13(18)15-7-10(8-15)12(16)17/h9-11H,2-8H2,1H3,(H,14,18)(H,16,17). The van der Waals surface area contributed by atoms with Gasteiger partial charge in [0.1, 0.15) is 0 Å². The Kier molecular flexibility index (Phi) is 4.09. The van der Waals surface area contributed by atoms with Crippen molar-refractivity contribution in [2.45, 2.75) is 45.1 Å². The van der Waals surface area contributed by atoms with E-state index in [-0.39, 0.29) is 18.0 Å². The third kappa shape index (κ3) is 2.76. The lowest BCUT2D eigenvalue weighted by Gasteiger charge is -2.39. The van der Waals surface area contributed by atoms with Crippen LogP contribution in [0.3, 0.4) is 0 Å². The minimum atomic E-state index is -0.803. The molecule has 5 nitrogen and oxygen atoms in total. The summed E-state index contributed by atoms with van der Waals surface area (Å²) in [6.45, 7) is 2.87. The largest absolute Gasteiger partial charge is 0.481 e. The Bertz CT molecular complexity index is 326. The van der Waals surface area contributed by atoms with Gasteiger partial charge in [0.2, 0.25) is 0 Å². The predicted molar refractivity (Wildman–Crippen MR) is 67.3 cm³/mol. The minimum Gasteiger partial charge on any atom is -0.481 e. The van der Waals surface area contributed by atoms with Gasteiger partial charge in [0, 0.05) is 19.1 Å². The van der Waals surface area contributed by atoms with Gasteiger partial charge < -0.3 is 15.3 Å². The van der Waals surface area contributed by atoms with E-state index in [0.717, 1.165) is 12.8 Å². The van der Waals surface area contributed by atoms with Crippen LogP contribution >= 0.6 is 0 Å². The van der Waals surface area contributed by atoms with Crippen LogP contribution in [-0.4, -0.2) is 41.1 Å². The molecule has 2 atom stereocenters. The molecule has 2 aliphatic rings. The lowest BCUT2D eigenvalue weighted by molar-refractivity contribution is -0.146. The highest BCUT2D eigenvalue weighted by Gasteiger charge is 2.37. The van der Waals surface area contributed by atoms with Gasteiger partial charge in [-0.1, -0.05) is 26.2 Å². The van der Waals surface area contributed by atoms with Gasteiger partial charge in [-0.2, -0.15) is 0 Å². The Labute approximate surface area is 108 Å². The maximum absolute atomic E-state index is 11.9. The molecule has 1 saturated heterocycles. The molecule has 2 N–H and O–H groups in total. The number of carboxylic acids is 1. The fourth-order valence-corrected chi connectivity index (χ4v) is 2.94. The number of nitrogens with zero attached hydrogens (tertiary/aromatic N) is 1. The lowest BCUT2D eigenvalue weighted by atomic mass is 9.83. The van der Waals surface area contributed by atoms with E-state index in [1.807, 2.05) is 0 Å². The Morgan fingerprint density at radius 2 is 1.94 bits per heavy atom. The first-order valence-corrected chi connectivity index (χ1v) is 6.90. The molecule has 18 heavy (non-hydrogen) atoms. The molecule has 1 heterocycles. The van der Waals surface area contributed by atoms with Gasteiger partial charge in [0.25, 0.3) is 0 Å². The van der Waals surface area contributed by atoms with Crippen molar-refractivity contribution in [3.8, 4) is 0 Å². The number of carboxylic acid groups (broad SMARTS) is 1. The molecular weight excluding hydrogens is 232 g/mol. The highest BCUT2D eigenvalue weighted by atomic mass is 16.4. The summed E-state index contributed by atoms with van der Waals surface area (Å²) in [6.07, 6.45) is 5.79. The highest BCUT2D eigenvalue weighted by Crippen LogP contribution is 2.27. The molecular formula is C13H22N2O3. The smallest absolute Gasteiger partial charge is 0.317 e. The van der Waals surface area contributed by atoms with Gasteiger partial charge >= 0.3 is 12.0 Å². The normalized spacial score (nSPS) is 28.6. The molecule has 1 aliphatic carbocycles. The molecule has 0 aromatic carbocycles. The van der Waals surface area contributed by atoms with Crippen molar-refractivity contribution in [2.75, 3.05) is 13.1 Å². The fraction of sp³-hybridized carbons (Fsp3) is 0.846. The summed E-state index contributed by atoms with van der Waals surface area (Å²) in [6, 6.07) is 0.193. The molecule has 5 heteroatoms. The van der Waals surface area contributed by atoms with Crippen molar-refractivity contribution >= 4 is 12.0 Å². The van der Waals surface area contributed by atoms with Crippen LogP contribution in [0.2, 0.25) is 0 Å². The van der Waals surface area contributed by atoms with Crippen molar-refractivity contribution in [1.82, 2.24) is 10.2 Å². The van der Waals surface area contributed by atoms with Crippen molar-refractivity contribution in [1.29, 1.82) is 0 Å². The van der Waals surface area contributed by atoms with Gasteiger partial charge in [0.15, 0.2) is 0 Å². The van der Waals surface area contributed by atoms with Crippen LogP contribution in [-0.2, 0) is 4.79 Å². The lowest BCUT2D eigenvalue weighted by Crippen LogP contribution is -2.58. The summed E-state index contributed by atoms with van der Waals surface area (Å²) in [5.41, 5.74) is 0. The minimum absolute atomic E-state index is 0.0853. The molecule has 0 aromatic rings. The van der Waals surface area contributed by atoms with Crippen molar-refractivity contribution < 1.29 is 14.7 Å². The van der Waals surface area contributed by atoms with Crippen LogP contribution < -0.4 is 5.32 Å². The molecule has 0 aromatic heterocycles. The van der Waals surface area contributed by atoms with E-state index in [2.05, 4.69) is 12.2 Å². The second kappa shape index (κ2) is 5.59. The first-order chi connectivity index (χ1) is 8.61. The Hall–Kier alpha value is -1.26. The predicted octanol–water partition coefficient (Wildman–Crippen LogP) is 1.68. The van der Waals surface area contributed by atoms with E-state index < -0.39 is 5.97 Å². The summed E-state index contributed by atoms with van der Waals surface area (Å²) < 4.78 is 0. The highest BCUT2D eigenvalue weighted by molar-refractivity contribution is 5.79. The molecule has 2 fully saturated rings. The number of urea groups is 1. The molecule has 2 rings (SSSR count). The quantitative estimate of drug-likeness (QED) is 0.805. The topological polar surface area (TPSA) is 69.6 Å². The van der Waals surface area contributed by atoms with Crippen LogP contribution in [0.1, 0.15) is 39.0 Å². The molecule has 2 unspecified atom stereocenters. The van der Waals surface area contributed by atoms with Crippen molar-refractivity contribution in [2.24, 2.45) is 11.8 Å². The Morgan fingerprint density at radius 1 is 1.28 bits per heavy atom. The first-order valence-electron chi connectivity index (χ1n) is 6.90. The summed E-state index contributed by atoms with van der Waals surface area (Å²) in [7, 11) is 0. The van der Waals surface area contributed by atoms with E-state index in [1.54, 1.807) is 4.90 Å². The van der Waals surface area contributed by atoms with Gasteiger partial charge in [-0.3, -0.25) is 4.79 Å². The van der Waals surface area contributed by atoms with Crippen LogP contribution in [0.15, 0.2) is 0 Å². The maximum atomic E-state index is 11.9. The number of aliphatic carboxylic acids is 1. The zero-order valence-electron chi connectivity index (χ0n) is 10.9. The van der Waals surface area contributed by atoms with Crippen molar-refractivity contribution in [3.05, 3.63) is 0 Å². The Balaban J connectivity index is 1.79. The van der Waals surface area contributed by atoms with Crippen LogP contribution in [0.25, 0.3) is 0 Å². The van der Waals surface area contributed by atoms with E-state index >= 15 is 0 Å². The van der Waals surface area contributed by atoms with Gasteiger partial charge in [-0.15, -0.1) is 0 Å². The summed E-state index contributed by atoms with van der Waals surface area (Å²) in [4.78, 5) is 24.2. The second-order valence-electron chi connectivity index (χ2n) is 5.45. The molecule has 0 radical (unpaired) electrons. The average molecular weight is 254 g/mol. The van der Waals surface area contributed by atoms with E-state index in [9.17, 15) is 9.59 Å². The number of carbonyl (C=O) groups is 2. The van der Waals surface area contributed by atoms with E-state index in [4.69, 9.17) is 5.11 Å². The number of hydrogen-bond acceptors (Lipinski definition) is 2. The fourth-order valence-electron chi connectivity index (χ4n) is 2.94. The Morgan fingerprint density at radius 3 is 2.56 bits per heavy atom. The number of amides is 2. The van der Waals surface area contributed by atoms with Crippen LogP contribution in [0, 0.1) is 11.8 Å². The van der Waals surface area contributed by atoms with Gasteiger partial charge in [-0.25, -0.2) is 4.79 Å². The number of likely N-dealkylation sites (tertiary alicyclic amines) is 1. The van der Waals surface area contributed by atoms with Gasteiger partial charge in [-0.05, 0) is 18.8 Å². The number of hydrogen-bond donors (Lipinski definition) is 2. The number of carbonyl (C=O) groups excluding carboxylic acids is 1. The van der Waals surface area contributed by atoms with E-state index in [1.165, 1.54) is 19.3 Å². The van der Waals surface area contributed by atoms with E-state index in [0.29, 0.717) is 19.0 Å². The number of nitrogens with one attached hydrogen (secondary N) is 1. The molecule has 0 bridgehead atoms. The average Bonchev–Trinajstić information content (AvgIpc) is 2.27. The molecule has 0 spiro atoms. The molecule has 102 valence electrons. The molecule has 2 amide bonds. The third-order valence-corrected chi connectivity index (χ3v) is 4.26. The second-order valence-corrected chi connectivity index (χ2v) is 5.45. The van der Waals surface area contributed by atoms with Crippen molar-refractivity contribution in [3.63, 3.8) is 0 Å². The summed E-state index contributed by atoms with van der Waals surface area (Å²) in [5, 5.41) is 11.9. The van der Waals surface area contributed by atoms with Gasteiger partial charge in [0.05, 0.1) is 5.92 Å². The zero-order valence-corrected chi connectivity index (χ0v) is 10.9. The summed E-state index contributed by atoms with van der Waals surface area (Å²) >= 11 is 0. The third-order valence-electron chi connectivity index (χ3n) is 4.26. The molecule has 1 aliphatic heterocycles. The number of rotatable bonds is 3. The summed E-state index contributed by atoms with van der Waals surface area (Å²) in [5.74, 6) is -0.591. The first kappa shape index (κ1) is 13.2. The monoisotopic (exact) mass is 254 g/mol. The van der Waals surface area contributed by atoms with Crippen LogP contribution in [0.4, 0.5) is 4.79 Å². The zero-order chi connectivity index (χ0) is 13.1. The SMILES string of the molecule is CCC1CCCCC1NC(=O)N1CC(C(=O)O)C1. The molecule has 1 saturated carbocycles. The van der Waals surface area contributed by atoms with Crippen LogP contribution in [0.5, 0.6) is 0 Å².